The fraction of sp³-hybridized carbons (Fsp3) is 0.577. The fourth-order valence-corrected chi connectivity index (χ4v) is 3.12. The van der Waals surface area contributed by atoms with E-state index in [9.17, 15) is 4.79 Å². The molecule has 0 aliphatic rings. The Balaban J connectivity index is 1.94. The van der Waals surface area contributed by atoms with Gasteiger partial charge in [-0.05, 0) is 69.7 Å². The maximum Gasteiger partial charge on any atom is 0.224 e. The molecule has 1 aromatic rings. The van der Waals surface area contributed by atoms with E-state index in [1.54, 1.807) is 0 Å². The van der Waals surface area contributed by atoms with E-state index in [0.29, 0.717) is 13.0 Å². The number of carbonyl (C=O) groups excluding carboxylic acids is 1. The van der Waals surface area contributed by atoms with Crippen LogP contribution in [0.3, 0.4) is 0 Å². The van der Waals surface area contributed by atoms with Crippen LogP contribution in [0.2, 0.25) is 0 Å². The number of hydrogen-bond acceptors (Lipinski definition) is 2. The Bertz CT molecular complexity index is 575. The second kappa shape index (κ2) is 18.0. The summed E-state index contributed by atoms with van der Waals surface area (Å²) in [6, 6.07) is 7.55. The first-order valence-electron chi connectivity index (χ1n) is 11.6. The van der Waals surface area contributed by atoms with Crippen LogP contribution in [0, 0.1) is 0 Å². The largest absolute Gasteiger partial charge is 0.494 e. The SMILES string of the molecule is CCCCC/C=C\C/C=C\CCCCCCCC(=O)Nc1ccc(OCC)cc1. The molecule has 0 bridgehead atoms. The Kier molecular flexibility index (Phi) is 15.5. The van der Waals surface area contributed by atoms with E-state index < -0.39 is 0 Å². The molecule has 0 unspecified atom stereocenters. The first kappa shape index (κ1) is 25.0. The van der Waals surface area contributed by atoms with Crippen molar-refractivity contribution in [3.05, 3.63) is 48.6 Å². The van der Waals surface area contributed by atoms with Crippen LogP contribution in [0.25, 0.3) is 0 Å². The van der Waals surface area contributed by atoms with E-state index in [2.05, 4.69) is 36.5 Å². The molecule has 0 radical (unpaired) electrons. The Morgan fingerprint density at radius 1 is 0.828 bits per heavy atom. The highest BCUT2D eigenvalue weighted by molar-refractivity contribution is 5.90. The summed E-state index contributed by atoms with van der Waals surface area (Å²) in [6.07, 6.45) is 23.0. The third-order valence-corrected chi connectivity index (χ3v) is 4.80. The zero-order valence-electron chi connectivity index (χ0n) is 18.6. The number of unbranched alkanes of at least 4 members (excludes halogenated alkanes) is 8. The van der Waals surface area contributed by atoms with Crippen molar-refractivity contribution < 1.29 is 9.53 Å². The van der Waals surface area contributed by atoms with Gasteiger partial charge in [0.05, 0.1) is 6.61 Å². The van der Waals surface area contributed by atoms with Crippen molar-refractivity contribution in [2.75, 3.05) is 11.9 Å². The number of rotatable bonds is 17. The van der Waals surface area contributed by atoms with Crippen LogP contribution in [0.1, 0.15) is 90.9 Å². The first-order valence-corrected chi connectivity index (χ1v) is 11.6. The van der Waals surface area contributed by atoms with Crippen molar-refractivity contribution in [3.63, 3.8) is 0 Å². The molecule has 0 aromatic heterocycles. The predicted molar refractivity (Wildman–Crippen MR) is 126 cm³/mol. The van der Waals surface area contributed by atoms with E-state index in [0.717, 1.165) is 30.7 Å². The lowest BCUT2D eigenvalue weighted by Crippen LogP contribution is -2.10. The summed E-state index contributed by atoms with van der Waals surface area (Å²) in [7, 11) is 0. The molecule has 162 valence electrons. The van der Waals surface area contributed by atoms with Gasteiger partial charge in [0.1, 0.15) is 5.75 Å². The number of nitrogens with one attached hydrogen (secondary N) is 1. The highest BCUT2D eigenvalue weighted by Crippen LogP contribution is 2.16. The van der Waals surface area contributed by atoms with Crippen LogP contribution in [0.5, 0.6) is 5.75 Å². The van der Waals surface area contributed by atoms with Crippen molar-refractivity contribution in [1.82, 2.24) is 0 Å². The van der Waals surface area contributed by atoms with Crippen molar-refractivity contribution in [2.45, 2.75) is 90.9 Å². The van der Waals surface area contributed by atoms with E-state index >= 15 is 0 Å². The fourth-order valence-electron chi connectivity index (χ4n) is 3.12. The molecule has 1 amide bonds. The van der Waals surface area contributed by atoms with Gasteiger partial charge in [0.25, 0.3) is 0 Å². The van der Waals surface area contributed by atoms with Crippen LogP contribution in [0.4, 0.5) is 5.69 Å². The molecule has 3 nitrogen and oxygen atoms in total. The van der Waals surface area contributed by atoms with E-state index in [1.165, 1.54) is 51.4 Å². The summed E-state index contributed by atoms with van der Waals surface area (Å²) in [5.41, 5.74) is 0.834. The Morgan fingerprint density at radius 2 is 1.45 bits per heavy atom. The highest BCUT2D eigenvalue weighted by Gasteiger charge is 2.02. The van der Waals surface area contributed by atoms with Crippen LogP contribution in [-0.2, 0) is 4.79 Å². The number of carbonyl (C=O) groups is 1. The quantitative estimate of drug-likeness (QED) is 0.214. The normalized spacial score (nSPS) is 11.4. The predicted octanol–water partition coefficient (Wildman–Crippen LogP) is 7.84. The van der Waals surface area contributed by atoms with Gasteiger partial charge in [-0.15, -0.1) is 0 Å². The smallest absolute Gasteiger partial charge is 0.224 e. The van der Waals surface area contributed by atoms with Gasteiger partial charge in [-0.1, -0.05) is 63.3 Å². The molecule has 1 N–H and O–H groups in total. The molecule has 0 heterocycles. The lowest BCUT2D eigenvalue weighted by molar-refractivity contribution is -0.116. The summed E-state index contributed by atoms with van der Waals surface area (Å²) in [5.74, 6) is 0.930. The monoisotopic (exact) mass is 399 g/mol. The van der Waals surface area contributed by atoms with Gasteiger partial charge < -0.3 is 10.1 Å². The molecule has 1 rings (SSSR count). The van der Waals surface area contributed by atoms with Gasteiger partial charge >= 0.3 is 0 Å². The molecule has 0 spiro atoms. The summed E-state index contributed by atoms with van der Waals surface area (Å²) in [4.78, 5) is 12.0. The van der Waals surface area contributed by atoms with Gasteiger partial charge in [0.2, 0.25) is 5.91 Å². The van der Waals surface area contributed by atoms with Crippen LogP contribution in [-0.4, -0.2) is 12.5 Å². The molecule has 0 saturated carbocycles. The third kappa shape index (κ3) is 14.6. The summed E-state index contributed by atoms with van der Waals surface area (Å²) < 4.78 is 5.41. The molecular weight excluding hydrogens is 358 g/mol. The van der Waals surface area contributed by atoms with Gasteiger partial charge in [0, 0.05) is 12.1 Å². The third-order valence-electron chi connectivity index (χ3n) is 4.80. The molecule has 0 aliphatic heterocycles. The molecule has 0 atom stereocenters. The summed E-state index contributed by atoms with van der Waals surface area (Å²) in [5, 5.41) is 2.95. The maximum absolute atomic E-state index is 12.0. The lowest BCUT2D eigenvalue weighted by Gasteiger charge is -2.07. The standard InChI is InChI=1S/C26H41NO2/c1-3-5-6-7-8-9-10-11-12-13-14-15-16-17-18-19-26(28)27-24-20-22-25(23-21-24)29-4-2/h8-9,11-12,20-23H,3-7,10,13-19H2,1-2H3,(H,27,28)/b9-8-,12-11-. The van der Waals surface area contributed by atoms with E-state index in [4.69, 9.17) is 4.74 Å². The average molecular weight is 400 g/mol. The number of hydrogen-bond donors (Lipinski definition) is 1. The number of allylic oxidation sites excluding steroid dienone is 4. The van der Waals surface area contributed by atoms with Crippen LogP contribution >= 0.6 is 0 Å². The number of anilines is 1. The molecule has 0 fully saturated rings. The first-order chi connectivity index (χ1) is 14.3. The second-order valence-electron chi connectivity index (χ2n) is 7.49. The molecule has 0 aliphatic carbocycles. The van der Waals surface area contributed by atoms with Crippen LogP contribution in [0.15, 0.2) is 48.6 Å². The van der Waals surface area contributed by atoms with Gasteiger partial charge in [-0.25, -0.2) is 0 Å². The lowest BCUT2D eigenvalue weighted by atomic mass is 10.1. The number of ether oxygens (including phenoxy) is 1. The minimum Gasteiger partial charge on any atom is -0.494 e. The van der Waals surface area contributed by atoms with E-state index in [1.807, 2.05) is 31.2 Å². The average Bonchev–Trinajstić information content (AvgIpc) is 2.72. The zero-order valence-corrected chi connectivity index (χ0v) is 18.6. The van der Waals surface area contributed by atoms with Gasteiger partial charge in [-0.2, -0.15) is 0 Å². The summed E-state index contributed by atoms with van der Waals surface area (Å²) >= 11 is 0. The van der Waals surface area contributed by atoms with Gasteiger partial charge in [0.15, 0.2) is 0 Å². The zero-order chi connectivity index (χ0) is 21.0. The van der Waals surface area contributed by atoms with Crippen molar-refractivity contribution in [3.8, 4) is 5.75 Å². The topological polar surface area (TPSA) is 38.3 Å². The molecular formula is C26H41NO2. The highest BCUT2D eigenvalue weighted by atomic mass is 16.5. The molecule has 1 aromatic carbocycles. The molecule has 0 saturated heterocycles. The van der Waals surface area contributed by atoms with Crippen molar-refractivity contribution in [2.24, 2.45) is 0 Å². The maximum atomic E-state index is 12.0. The Labute approximate surface area is 178 Å². The minimum absolute atomic E-state index is 0.0971. The molecule has 3 heteroatoms. The number of benzene rings is 1. The van der Waals surface area contributed by atoms with E-state index in [-0.39, 0.29) is 5.91 Å². The number of amides is 1. The van der Waals surface area contributed by atoms with Gasteiger partial charge in [-0.3, -0.25) is 4.79 Å². The molecule has 29 heavy (non-hydrogen) atoms. The van der Waals surface area contributed by atoms with Crippen molar-refractivity contribution >= 4 is 11.6 Å². The minimum atomic E-state index is 0.0971. The summed E-state index contributed by atoms with van der Waals surface area (Å²) in [6.45, 7) is 4.86. The van der Waals surface area contributed by atoms with Crippen LogP contribution < -0.4 is 10.1 Å². The van der Waals surface area contributed by atoms with Crippen molar-refractivity contribution in [1.29, 1.82) is 0 Å². The Hall–Kier alpha value is -2.03. The second-order valence-corrected chi connectivity index (χ2v) is 7.49. The Morgan fingerprint density at radius 3 is 2.10 bits per heavy atom.